The highest BCUT2D eigenvalue weighted by Crippen LogP contribution is 2.62. The molecule has 1 amide bonds. The Hall–Kier alpha value is -2.69. The van der Waals surface area contributed by atoms with E-state index in [0.717, 1.165) is 50.5 Å². The maximum absolute atomic E-state index is 13.2. The number of fused-ring (bicyclic) bond motifs is 5. The summed E-state index contributed by atoms with van der Waals surface area (Å²) in [4.78, 5) is 25.4. The molecular weight excluding hydrogens is 441 g/mol. The second kappa shape index (κ2) is 9.75. The largest absolute Gasteiger partial charge is 0.508 e. The fourth-order valence-corrected chi connectivity index (χ4v) is 7.50. The quantitative estimate of drug-likeness (QED) is 0.502. The van der Waals surface area contributed by atoms with E-state index in [0.29, 0.717) is 48.2 Å². The maximum Gasteiger partial charge on any atom is 0.224 e. The lowest BCUT2D eigenvalue weighted by molar-refractivity contribution is -0.129. The zero-order valence-electron chi connectivity index (χ0n) is 20.6. The van der Waals surface area contributed by atoms with Crippen molar-refractivity contribution >= 4 is 11.7 Å². The minimum Gasteiger partial charge on any atom is -0.508 e. The van der Waals surface area contributed by atoms with Gasteiger partial charge in [-0.1, -0.05) is 31.5 Å². The van der Waals surface area contributed by atoms with Crippen molar-refractivity contribution in [2.24, 2.45) is 23.2 Å². The topological polar surface area (TPSA) is 66.4 Å². The molecule has 3 aliphatic rings. The number of benzene rings is 2. The molecule has 0 saturated heterocycles. The number of carbonyl (C=O) groups is 2. The van der Waals surface area contributed by atoms with Gasteiger partial charge in [0.15, 0.2) is 0 Å². The van der Waals surface area contributed by atoms with Crippen molar-refractivity contribution in [1.29, 1.82) is 0 Å². The van der Waals surface area contributed by atoms with E-state index in [1.54, 1.807) is 12.1 Å². The van der Waals surface area contributed by atoms with Crippen molar-refractivity contribution < 1.29 is 19.1 Å². The summed E-state index contributed by atoms with van der Waals surface area (Å²) in [7, 11) is 0. The predicted octanol–water partition coefficient (Wildman–Crippen LogP) is 5.71. The van der Waals surface area contributed by atoms with Crippen LogP contribution in [0.3, 0.4) is 0 Å². The average Bonchev–Trinajstić information content (AvgIpc) is 3.09. The van der Waals surface area contributed by atoms with E-state index >= 15 is 0 Å². The third kappa shape index (κ3) is 4.74. The molecule has 5 rings (SSSR count). The number of nitrogens with one attached hydrogen (secondary N) is 1. The normalized spacial score (nSPS) is 29.3. The van der Waals surface area contributed by atoms with Crippen molar-refractivity contribution in [3.05, 3.63) is 65.0 Å². The molecule has 0 heterocycles. The molecule has 5 heteroatoms. The van der Waals surface area contributed by atoms with E-state index in [1.807, 2.05) is 12.1 Å². The van der Waals surface area contributed by atoms with Crippen LogP contribution < -0.4 is 5.32 Å². The van der Waals surface area contributed by atoms with E-state index in [-0.39, 0.29) is 23.6 Å². The van der Waals surface area contributed by atoms with Gasteiger partial charge in [-0.15, -0.1) is 0 Å². The first kappa shape index (κ1) is 24.0. The number of rotatable bonds is 7. The van der Waals surface area contributed by atoms with Gasteiger partial charge in [-0.3, -0.25) is 9.59 Å². The van der Waals surface area contributed by atoms with Gasteiger partial charge in [-0.05, 0) is 103 Å². The number of Topliss-reactive ketones (excluding diaryl/α,β-unsaturated/α-hetero) is 1. The van der Waals surface area contributed by atoms with E-state index in [9.17, 15) is 19.1 Å². The van der Waals surface area contributed by atoms with Gasteiger partial charge in [0.2, 0.25) is 5.91 Å². The smallest absolute Gasteiger partial charge is 0.224 e. The molecule has 2 aromatic carbocycles. The molecule has 2 N–H and O–H groups in total. The molecule has 186 valence electrons. The SMILES string of the molecule is C[C@]12CC[C@@H]3c4ccc(O)cc4CCC3[C@@H]1[C@@H](CCCCNC(=O)Cc1ccc(F)cc1)CC2=O. The van der Waals surface area contributed by atoms with Crippen LogP contribution >= 0.6 is 0 Å². The van der Waals surface area contributed by atoms with Gasteiger partial charge in [0.1, 0.15) is 17.3 Å². The lowest BCUT2D eigenvalue weighted by Crippen LogP contribution is -2.44. The number of halogens is 1. The minimum atomic E-state index is -0.295. The molecule has 0 aliphatic heterocycles. The summed E-state index contributed by atoms with van der Waals surface area (Å²) in [6.07, 6.45) is 8.02. The van der Waals surface area contributed by atoms with Gasteiger partial charge >= 0.3 is 0 Å². The van der Waals surface area contributed by atoms with Crippen LogP contribution in [0, 0.1) is 29.0 Å². The summed E-state index contributed by atoms with van der Waals surface area (Å²) < 4.78 is 13.0. The molecule has 0 aromatic heterocycles. The standard InChI is InChI=1S/C30H36FNO3/c1-30-14-13-25-24-12-10-23(33)17-20(24)7-11-26(25)29(30)21(18-27(30)34)4-2-3-15-32-28(35)16-19-5-8-22(31)9-6-19/h5-6,8-10,12,17,21,25-26,29,33H,2-4,7,11,13-16,18H2,1H3,(H,32,35)/t21-,25+,26?,29-,30+/m0/s1. The molecule has 1 unspecified atom stereocenters. The van der Waals surface area contributed by atoms with Gasteiger partial charge in [0, 0.05) is 18.4 Å². The van der Waals surface area contributed by atoms with Crippen LogP contribution in [0.1, 0.15) is 74.5 Å². The third-order valence-corrected chi connectivity index (χ3v) is 9.16. The fourth-order valence-electron chi connectivity index (χ4n) is 7.50. The number of amides is 1. The highest BCUT2D eigenvalue weighted by molar-refractivity contribution is 5.87. The Kier molecular flexibility index (Phi) is 6.69. The van der Waals surface area contributed by atoms with Crippen molar-refractivity contribution in [2.75, 3.05) is 6.54 Å². The van der Waals surface area contributed by atoms with Gasteiger partial charge in [-0.25, -0.2) is 4.39 Å². The number of ketones is 1. The Labute approximate surface area is 207 Å². The Bertz CT molecular complexity index is 1100. The first-order valence-corrected chi connectivity index (χ1v) is 13.2. The number of carbonyl (C=O) groups excluding carboxylic acids is 2. The summed E-state index contributed by atoms with van der Waals surface area (Å²) in [5.41, 5.74) is 3.29. The second-order valence-corrected chi connectivity index (χ2v) is 11.2. The van der Waals surface area contributed by atoms with E-state index < -0.39 is 0 Å². The van der Waals surface area contributed by atoms with Crippen LogP contribution in [-0.4, -0.2) is 23.3 Å². The van der Waals surface area contributed by atoms with Gasteiger partial charge in [-0.2, -0.15) is 0 Å². The Morgan fingerprint density at radius 2 is 1.94 bits per heavy atom. The molecule has 2 fully saturated rings. The molecule has 4 nitrogen and oxygen atoms in total. The maximum atomic E-state index is 13.2. The van der Waals surface area contributed by atoms with E-state index in [1.165, 1.54) is 23.3 Å². The van der Waals surface area contributed by atoms with E-state index in [2.05, 4.69) is 18.3 Å². The monoisotopic (exact) mass is 477 g/mol. The van der Waals surface area contributed by atoms with Gasteiger partial charge in [0.25, 0.3) is 0 Å². The molecule has 2 saturated carbocycles. The van der Waals surface area contributed by atoms with Crippen LogP contribution in [0.2, 0.25) is 0 Å². The molecule has 0 spiro atoms. The highest BCUT2D eigenvalue weighted by Gasteiger charge is 2.58. The number of hydrogen-bond acceptors (Lipinski definition) is 3. The summed E-state index contributed by atoms with van der Waals surface area (Å²) in [6, 6.07) is 11.9. The molecule has 3 aliphatic carbocycles. The van der Waals surface area contributed by atoms with Gasteiger partial charge < -0.3 is 10.4 Å². The number of aromatic hydroxyl groups is 1. The van der Waals surface area contributed by atoms with Crippen LogP contribution in [0.15, 0.2) is 42.5 Å². The molecular formula is C30H36FNO3. The van der Waals surface area contributed by atoms with Gasteiger partial charge in [0.05, 0.1) is 6.42 Å². The summed E-state index contributed by atoms with van der Waals surface area (Å²) in [5.74, 6) is 2.36. The fraction of sp³-hybridized carbons (Fsp3) is 0.533. The lowest BCUT2D eigenvalue weighted by atomic mass is 9.54. The summed E-state index contributed by atoms with van der Waals surface area (Å²) in [6.45, 7) is 2.85. The zero-order valence-corrected chi connectivity index (χ0v) is 20.6. The number of hydrogen-bond donors (Lipinski definition) is 2. The van der Waals surface area contributed by atoms with E-state index in [4.69, 9.17) is 0 Å². The molecule has 5 atom stereocenters. The van der Waals surface area contributed by atoms with Crippen molar-refractivity contribution in [3.63, 3.8) is 0 Å². The molecule has 0 bridgehead atoms. The Morgan fingerprint density at radius 1 is 1.14 bits per heavy atom. The highest BCUT2D eigenvalue weighted by atomic mass is 19.1. The van der Waals surface area contributed by atoms with Crippen LogP contribution in [0.5, 0.6) is 5.75 Å². The predicted molar refractivity (Wildman–Crippen MR) is 134 cm³/mol. The van der Waals surface area contributed by atoms with Crippen LogP contribution in [-0.2, 0) is 22.4 Å². The number of phenols is 1. The van der Waals surface area contributed by atoms with Crippen molar-refractivity contribution in [2.45, 2.75) is 70.6 Å². The number of aryl methyl sites for hydroxylation is 1. The zero-order chi connectivity index (χ0) is 24.6. The third-order valence-electron chi connectivity index (χ3n) is 9.16. The Balaban J connectivity index is 1.16. The van der Waals surface area contributed by atoms with Crippen LogP contribution in [0.4, 0.5) is 4.39 Å². The lowest BCUT2D eigenvalue weighted by Gasteiger charge is -2.50. The Morgan fingerprint density at radius 3 is 2.74 bits per heavy atom. The van der Waals surface area contributed by atoms with Crippen LogP contribution in [0.25, 0.3) is 0 Å². The van der Waals surface area contributed by atoms with Crippen molar-refractivity contribution in [3.8, 4) is 5.75 Å². The van der Waals surface area contributed by atoms with Crippen molar-refractivity contribution in [1.82, 2.24) is 5.32 Å². The molecule has 35 heavy (non-hydrogen) atoms. The first-order valence-electron chi connectivity index (χ1n) is 13.2. The molecule has 2 aromatic rings. The minimum absolute atomic E-state index is 0.0396. The average molecular weight is 478 g/mol. The first-order chi connectivity index (χ1) is 16.8. The number of unbranched alkanes of at least 4 members (excludes halogenated alkanes) is 1. The molecule has 0 radical (unpaired) electrons. The second-order valence-electron chi connectivity index (χ2n) is 11.2. The number of phenolic OH excluding ortho intramolecular Hbond substituents is 1. The summed E-state index contributed by atoms with van der Waals surface area (Å²) in [5, 5.41) is 12.9. The summed E-state index contributed by atoms with van der Waals surface area (Å²) >= 11 is 0.